The van der Waals surface area contributed by atoms with Gasteiger partial charge in [-0.25, -0.2) is 0 Å². The highest BCUT2D eigenvalue weighted by atomic mass is 16.3. The molecule has 3 fully saturated rings. The zero-order valence-electron chi connectivity index (χ0n) is 19.7. The van der Waals surface area contributed by atoms with Crippen LogP contribution in [0, 0.1) is 23.2 Å². The van der Waals surface area contributed by atoms with Gasteiger partial charge in [0.15, 0.2) is 0 Å². The summed E-state index contributed by atoms with van der Waals surface area (Å²) in [6.45, 7) is 12.5. The van der Waals surface area contributed by atoms with Gasteiger partial charge >= 0.3 is 0 Å². The van der Waals surface area contributed by atoms with Crippen LogP contribution in [0.15, 0.2) is 35.5 Å². The summed E-state index contributed by atoms with van der Waals surface area (Å²) in [5, 5.41) is 30.3. The molecule has 0 aromatic carbocycles. The average molecular weight is 417 g/mol. The fraction of sp³-hybridized carbons (Fsp3) is 0.778. The third-order valence-electron chi connectivity index (χ3n) is 8.62. The highest BCUT2D eigenvalue weighted by molar-refractivity contribution is 5.36. The first kappa shape index (κ1) is 23.8. The topological polar surface area (TPSA) is 60.7 Å². The van der Waals surface area contributed by atoms with E-state index in [9.17, 15) is 15.3 Å². The molecule has 3 aliphatic carbocycles. The monoisotopic (exact) mass is 416 g/mol. The van der Waals surface area contributed by atoms with E-state index in [-0.39, 0.29) is 6.10 Å². The Balaban J connectivity index is 1.69. The Hall–Kier alpha value is -0.900. The van der Waals surface area contributed by atoms with E-state index in [0.717, 1.165) is 25.7 Å². The lowest BCUT2D eigenvalue weighted by Gasteiger charge is -2.44. The second-order valence-corrected chi connectivity index (χ2v) is 11.3. The van der Waals surface area contributed by atoms with E-state index >= 15 is 0 Å². The largest absolute Gasteiger partial charge is 0.393 e. The smallest absolute Gasteiger partial charge is 0.0849 e. The fourth-order valence-corrected chi connectivity index (χ4v) is 6.58. The van der Waals surface area contributed by atoms with Crippen LogP contribution in [0.1, 0.15) is 91.9 Å². The molecule has 30 heavy (non-hydrogen) atoms. The lowest BCUT2D eigenvalue weighted by Crippen LogP contribution is -2.38. The van der Waals surface area contributed by atoms with Gasteiger partial charge in [-0.3, -0.25) is 0 Å². The molecule has 3 nitrogen and oxygen atoms in total. The molecule has 0 aliphatic heterocycles. The van der Waals surface area contributed by atoms with Gasteiger partial charge in [0, 0.05) is 0 Å². The highest BCUT2D eigenvalue weighted by Crippen LogP contribution is 2.60. The molecule has 0 aromatic heterocycles. The lowest BCUT2D eigenvalue weighted by atomic mass is 9.60. The molecule has 3 heteroatoms. The summed E-state index contributed by atoms with van der Waals surface area (Å²) in [5.41, 5.74) is 3.34. The standard InChI is InChI=1S/C27H44O3/c1-18-8-12-22(28)17-21(18)11-10-20-7-6-16-27(5)23(13-14-24(20)27)19(2)9-15-25(29)26(3,4)30/h10-11,19,22-25,28-30H,1,6-9,12-17H2,2-5H3/b20-10+,21-11-/t19?,22-,23+,24?,25+,27+/m0/s1. The molecular weight excluding hydrogens is 372 g/mol. The molecule has 170 valence electrons. The Morgan fingerprint density at radius 2 is 1.90 bits per heavy atom. The molecule has 3 rings (SSSR count). The average Bonchev–Trinajstić information content (AvgIpc) is 3.03. The summed E-state index contributed by atoms with van der Waals surface area (Å²) in [5.74, 6) is 1.89. The molecule has 3 aliphatic rings. The third-order valence-corrected chi connectivity index (χ3v) is 8.62. The molecule has 0 amide bonds. The Morgan fingerprint density at radius 3 is 2.60 bits per heavy atom. The molecule has 2 unspecified atom stereocenters. The highest BCUT2D eigenvalue weighted by Gasteiger charge is 2.50. The van der Waals surface area contributed by atoms with Crippen molar-refractivity contribution in [3.8, 4) is 0 Å². The predicted molar refractivity (Wildman–Crippen MR) is 124 cm³/mol. The van der Waals surface area contributed by atoms with Crippen LogP contribution in [0.4, 0.5) is 0 Å². The van der Waals surface area contributed by atoms with Crippen LogP contribution in [0.25, 0.3) is 0 Å². The van der Waals surface area contributed by atoms with Crippen molar-refractivity contribution in [1.82, 2.24) is 0 Å². The molecule has 0 heterocycles. The van der Waals surface area contributed by atoms with Gasteiger partial charge in [0.2, 0.25) is 0 Å². The molecule has 6 atom stereocenters. The van der Waals surface area contributed by atoms with Gasteiger partial charge < -0.3 is 15.3 Å². The van der Waals surface area contributed by atoms with Gasteiger partial charge in [-0.05, 0) is 107 Å². The van der Waals surface area contributed by atoms with E-state index in [0.29, 0.717) is 29.6 Å². The maximum Gasteiger partial charge on any atom is 0.0849 e. The van der Waals surface area contributed by atoms with E-state index in [2.05, 4.69) is 32.6 Å². The first-order chi connectivity index (χ1) is 14.0. The van der Waals surface area contributed by atoms with E-state index < -0.39 is 11.7 Å². The summed E-state index contributed by atoms with van der Waals surface area (Å²) in [6, 6.07) is 0. The van der Waals surface area contributed by atoms with Crippen LogP contribution in [0.5, 0.6) is 0 Å². The van der Waals surface area contributed by atoms with Gasteiger partial charge in [-0.2, -0.15) is 0 Å². The normalized spacial score (nSPS) is 37.4. The minimum absolute atomic E-state index is 0.215. The number of aliphatic hydroxyl groups is 3. The molecule has 0 saturated heterocycles. The lowest BCUT2D eigenvalue weighted by molar-refractivity contribution is -0.0554. The van der Waals surface area contributed by atoms with Crippen LogP contribution in [0.3, 0.4) is 0 Å². The molecular formula is C27H44O3. The quantitative estimate of drug-likeness (QED) is 0.520. The summed E-state index contributed by atoms with van der Waals surface area (Å²) >= 11 is 0. The zero-order valence-corrected chi connectivity index (χ0v) is 19.7. The molecule has 0 aromatic rings. The van der Waals surface area contributed by atoms with E-state index in [1.54, 1.807) is 19.4 Å². The third kappa shape index (κ3) is 5.11. The predicted octanol–water partition coefficient (Wildman–Crippen LogP) is 5.70. The van der Waals surface area contributed by atoms with Gasteiger partial charge in [0.1, 0.15) is 0 Å². The molecule has 3 N–H and O–H groups in total. The molecule has 3 saturated carbocycles. The maximum atomic E-state index is 10.3. The van der Waals surface area contributed by atoms with Gasteiger partial charge in [-0.15, -0.1) is 0 Å². The maximum absolute atomic E-state index is 10.3. The second kappa shape index (κ2) is 9.30. The fourth-order valence-electron chi connectivity index (χ4n) is 6.58. The van der Waals surface area contributed by atoms with Gasteiger partial charge in [-0.1, -0.05) is 43.7 Å². The van der Waals surface area contributed by atoms with Gasteiger partial charge in [0.05, 0.1) is 17.8 Å². The van der Waals surface area contributed by atoms with Crippen LogP contribution in [-0.4, -0.2) is 33.1 Å². The first-order valence-corrected chi connectivity index (χ1v) is 12.2. The van der Waals surface area contributed by atoms with Crippen molar-refractivity contribution >= 4 is 0 Å². The molecule has 0 spiro atoms. The number of fused-ring (bicyclic) bond motifs is 1. The second-order valence-electron chi connectivity index (χ2n) is 11.3. The zero-order chi connectivity index (χ0) is 22.1. The Labute approximate surface area is 184 Å². The number of aliphatic hydroxyl groups excluding tert-OH is 2. The van der Waals surface area contributed by atoms with Crippen molar-refractivity contribution in [1.29, 1.82) is 0 Å². The van der Waals surface area contributed by atoms with Crippen molar-refractivity contribution in [3.05, 3.63) is 35.5 Å². The minimum atomic E-state index is -1.02. The molecule has 0 bridgehead atoms. The summed E-state index contributed by atoms with van der Waals surface area (Å²) in [6.07, 6.45) is 14.1. The van der Waals surface area contributed by atoms with Crippen molar-refractivity contribution in [2.24, 2.45) is 23.2 Å². The number of rotatable bonds is 6. The SMILES string of the molecule is C=C1CC[C@H](O)C/C1=C/C=C1\CCC[C@@]2(C)C1CC[C@@H]2C(C)CC[C@@H](O)C(C)(C)O. The first-order valence-electron chi connectivity index (χ1n) is 12.2. The number of hydrogen-bond acceptors (Lipinski definition) is 3. The summed E-state index contributed by atoms with van der Waals surface area (Å²) in [4.78, 5) is 0. The minimum Gasteiger partial charge on any atom is -0.393 e. The van der Waals surface area contributed by atoms with E-state index in [1.807, 2.05) is 0 Å². The van der Waals surface area contributed by atoms with E-state index in [4.69, 9.17) is 0 Å². The Kier molecular flexibility index (Phi) is 7.37. The van der Waals surface area contributed by atoms with Crippen LogP contribution >= 0.6 is 0 Å². The van der Waals surface area contributed by atoms with Crippen molar-refractivity contribution in [2.45, 2.75) is 110 Å². The number of allylic oxidation sites excluding steroid dienone is 4. The van der Waals surface area contributed by atoms with Crippen LogP contribution in [0.2, 0.25) is 0 Å². The van der Waals surface area contributed by atoms with Crippen LogP contribution < -0.4 is 0 Å². The van der Waals surface area contributed by atoms with Crippen molar-refractivity contribution < 1.29 is 15.3 Å². The molecule has 0 radical (unpaired) electrons. The van der Waals surface area contributed by atoms with Crippen LogP contribution in [-0.2, 0) is 0 Å². The Morgan fingerprint density at radius 1 is 1.17 bits per heavy atom. The Bertz CT molecular complexity index is 683. The van der Waals surface area contributed by atoms with Crippen molar-refractivity contribution in [3.63, 3.8) is 0 Å². The van der Waals surface area contributed by atoms with Gasteiger partial charge in [0.25, 0.3) is 0 Å². The summed E-state index contributed by atoms with van der Waals surface area (Å²) < 4.78 is 0. The van der Waals surface area contributed by atoms with E-state index in [1.165, 1.54) is 43.3 Å². The number of hydrogen-bond donors (Lipinski definition) is 3. The summed E-state index contributed by atoms with van der Waals surface area (Å²) in [7, 11) is 0. The van der Waals surface area contributed by atoms with Crippen molar-refractivity contribution in [2.75, 3.05) is 0 Å².